The van der Waals surface area contributed by atoms with Crippen molar-refractivity contribution in [2.75, 3.05) is 62.4 Å². The zero-order valence-electron chi connectivity index (χ0n) is 21.5. The van der Waals surface area contributed by atoms with Gasteiger partial charge in [0, 0.05) is 55.0 Å². The van der Waals surface area contributed by atoms with Crippen LogP contribution in [0.25, 0.3) is 11.3 Å². The van der Waals surface area contributed by atoms with Crippen molar-refractivity contribution in [3.8, 4) is 11.3 Å². The number of aromatic nitrogens is 2. The van der Waals surface area contributed by atoms with Crippen LogP contribution in [0.4, 0.5) is 23.0 Å². The van der Waals surface area contributed by atoms with Crippen LogP contribution >= 0.6 is 0 Å². The van der Waals surface area contributed by atoms with E-state index in [1.54, 1.807) is 13.1 Å². The molecule has 4 N–H and O–H groups in total. The summed E-state index contributed by atoms with van der Waals surface area (Å²) in [7, 11) is 3.82. The van der Waals surface area contributed by atoms with Crippen molar-refractivity contribution in [3.63, 3.8) is 0 Å². The normalized spacial score (nSPS) is 14.4. The average molecular weight is 503 g/mol. The van der Waals surface area contributed by atoms with E-state index in [0.29, 0.717) is 18.2 Å². The summed E-state index contributed by atoms with van der Waals surface area (Å²) >= 11 is 0. The zero-order valence-corrected chi connectivity index (χ0v) is 21.5. The number of carbonyl (C=O) groups is 2. The van der Waals surface area contributed by atoms with Crippen LogP contribution in [0.15, 0.2) is 60.8 Å². The highest BCUT2D eigenvalue weighted by Crippen LogP contribution is 2.24. The number of nitrogens with two attached hydrogens (primary N) is 1. The molecule has 1 aliphatic rings. The summed E-state index contributed by atoms with van der Waals surface area (Å²) < 4.78 is 0. The van der Waals surface area contributed by atoms with Crippen LogP contribution in [0.3, 0.4) is 0 Å². The molecule has 0 saturated carbocycles. The smallest absolute Gasteiger partial charge is 0.240 e. The van der Waals surface area contributed by atoms with Crippen molar-refractivity contribution in [2.45, 2.75) is 13.0 Å². The Bertz CT molecular complexity index is 1200. The number of nitrogens with zero attached hydrogens (tertiary/aromatic N) is 5. The van der Waals surface area contributed by atoms with E-state index >= 15 is 0 Å². The molecule has 4 rings (SSSR count). The summed E-state index contributed by atoms with van der Waals surface area (Å²) in [4.78, 5) is 39.2. The Hall–Kier alpha value is -4.02. The Labute approximate surface area is 217 Å². The minimum Gasteiger partial charge on any atom is -0.368 e. The molecule has 194 valence electrons. The van der Waals surface area contributed by atoms with Gasteiger partial charge >= 0.3 is 0 Å². The van der Waals surface area contributed by atoms with Gasteiger partial charge in [0.2, 0.25) is 17.8 Å². The Balaban J connectivity index is 1.34. The maximum Gasteiger partial charge on any atom is 0.240 e. The highest BCUT2D eigenvalue weighted by atomic mass is 16.2. The van der Waals surface area contributed by atoms with Crippen molar-refractivity contribution in [1.82, 2.24) is 19.8 Å². The molecule has 1 saturated heterocycles. The molecule has 2 aromatic carbocycles. The molecule has 10 nitrogen and oxygen atoms in total. The van der Waals surface area contributed by atoms with Gasteiger partial charge in [-0.25, -0.2) is 9.97 Å². The topological polar surface area (TPSA) is 120 Å². The van der Waals surface area contributed by atoms with E-state index in [9.17, 15) is 9.59 Å². The molecule has 3 aromatic rings. The molecule has 37 heavy (non-hydrogen) atoms. The van der Waals surface area contributed by atoms with Gasteiger partial charge in [0.25, 0.3) is 0 Å². The highest BCUT2D eigenvalue weighted by molar-refractivity contribution is 5.94. The first-order valence-corrected chi connectivity index (χ1v) is 12.3. The summed E-state index contributed by atoms with van der Waals surface area (Å²) in [5.41, 5.74) is 9.96. The van der Waals surface area contributed by atoms with Gasteiger partial charge in [-0.2, -0.15) is 0 Å². The maximum atomic E-state index is 12.3. The SMILES string of the molecule is C[C@@H](N)C(=O)Nc1ccc(-c2ccnc(Nc3ccc(N4CCN(C(=O)CN(C)C)CC4)cc3)n2)cc1. The number of piperazine rings is 1. The third-order valence-corrected chi connectivity index (χ3v) is 6.09. The first kappa shape index (κ1) is 26.1. The Morgan fingerprint density at radius 2 is 1.62 bits per heavy atom. The maximum absolute atomic E-state index is 12.3. The number of benzene rings is 2. The van der Waals surface area contributed by atoms with Crippen molar-refractivity contribution in [1.29, 1.82) is 0 Å². The number of rotatable bonds is 8. The van der Waals surface area contributed by atoms with Gasteiger partial charge in [0.05, 0.1) is 18.3 Å². The second kappa shape index (κ2) is 11.8. The van der Waals surface area contributed by atoms with Crippen LogP contribution in [0.1, 0.15) is 6.92 Å². The molecule has 0 radical (unpaired) electrons. The summed E-state index contributed by atoms with van der Waals surface area (Å²) in [6.07, 6.45) is 1.71. The molecule has 0 bridgehead atoms. The third-order valence-electron chi connectivity index (χ3n) is 6.09. The number of likely N-dealkylation sites (N-methyl/N-ethyl adjacent to an activating group) is 1. The minimum absolute atomic E-state index is 0.176. The fourth-order valence-corrected chi connectivity index (χ4v) is 4.03. The molecule has 2 heterocycles. The van der Waals surface area contributed by atoms with Gasteiger partial charge in [-0.3, -0.25) is 9.59 Å². The summed E-state index contributed by atoms with van der Waals surface area (Å²) in [5, 5.41) is 6.04. The van der Waals surface area contributed by atoms with Gasteiger partial charge in [0.1, 0.15) is 0 Å². The largest absolute Gasteiger partial charge is 0.368 e. The van der Waals surface area contributed by atoms with Crippen LogP contribution in [0, 0.1) is 0 Å². The lowest BCUT2D eigenvalue weighted by Crippen LogP contribution is -2.50. The number of carbonyl (C=O) groups excluding carboxylic acids is 2. The Morgan fingerprint density at radius 1 is 0.973 bits per heavy atom. The summed E-state index contributed by atoms with van der Waals surface area (Å²) in [6, 6.07) is 16.8. The predicted molar refractivity (Wildman–Crippen MR) is 147 cm³/mol. The van der Waals surface area contributed by atoms with Gasteiger partial charge in [-0.15, -0.1) is 0 Å². The van der Waals surface area contributed by atoms with Crippen molar-refractivity contribution in [3.05, 3.63) is 60.8 Å². The second-order valence-corrected chi connectivity index (χ2v) is 9.40. The quantitative estimate of drug-likeness (QED) is 0.430. The molecule has 0 aliphatic carbocycles. The fourth-order valence-electron chi connectivity index (χ4n) is 4.03. The van der Waals surface area contributed by atoms with Crippen LogP contribution in [-0.4, -0.2) is 84.4 Å². The number of amides is 2. The highest BCUT2D eigenvalue weighted by Gasteiger charge is 2.21. The number of anilines is 4. The lowest BCUT2D eigenvalue weighted by molar-refractivity contribution is -0.132. The zero-order chi connectivity index (χ0) is 26.4. The van der Waals surface area contributed by atoms with Gasteiger partial charge in [-0.1, -0.05) is 12.1 Å². The number of hydrogen-bond acceptors (Lipinski definition) is 8. The summed E-state index contributed by atoms with van der Waals surface area (Å²) in [5.74, 6) is 0.438. The molecule has 1 atom stereocenters. The molecule has 10 heteroatoms. The van der Waals surface area contributed by atoms with E-state index < -0.39 is 6.04 Å². The van der Waals surface area contributed by atoms with Gasteiger partial charge in [0.15, 0.2) is 0 Å². The first-order chi connectivity index (χ1) is 17.8. The van der Waals surface area contributed by atoms with Gasteiger partial charge < -0.3 is 31.1 Å². The number of nitrogens with one attached hydrogen (secondary N) is 2. The molecular formula is C27H34N8O2. The van der Waals surface area contributed by atoms with Gasteiger partial charge in [-0.05, 0) is 63.5 Å². The van der Waals surface area contributed by atoms with E-state index in [0.717, 1.165) is 48.8 Å². The standard InChI is InChI=1S/C27H34N8O2/c1-19(28)26(37)30-21-6-4-20(5-7-21)24-12-13-29-27(32-24)31-22-8-10-23(11-9-22)34-14-16-35(17-15-34)25(36)18-33(2)3/h4-13,19H,14-18,28H2,1-3H3,(H,30,37)(H,29,31,32)/t19-/m1/s1. The fraction of sp³-hybridized carbons (Fsp3) is 0.333. The molecule has 0 unspecified atom stereocenters. The lowest BCUT2D eigenvalue weighted by Gasteiger charge is -2.36. The molecule has 0 spiro atoms. The Kier molecular flexibility index (Phi) is 8.32. The second-order valence-electron chi connectivity index (χ2n) is 9.40. The van der Waals surface area contributed by atoms with E-state index in [-0.39, 0.29) is 11.8 Å². The first-order valence-electron chi connectivity index (χ1n) is 12.3. The summed E-state index contributed by atoms with van der Waals surface area (Å²) in [6.45, 7) is 5.17. The molecular weight excluding hydrogens is 468 g/mol. The van der Waals surface area contributed by atoms with E-state index in [4.69, 9.17) is 5.73 Å². The lowest BCUT2D eigenvalue weighted by atomic mass is 10.1. The molecule has 1 aromatic heterocycles. The minimum atomic E-state index is -0.571. The predicted octanol–water partition coefficient (Wildman–Crippen LogP) is 2.38. The van der Waals surface area contributed by atoms with E-state index in [1.165, 1.54) is 0 Å². The number of hydrogen-bond donors (Lipinski definition) is 3. The van der Waals surface area contributed by atoms with Crippen LogP contribution in [0.2, 0.25) is 0 Å². The molecule has 1 aliphatic heterocycles. The van der Waals surface area contributed by atoms with Crippen LogP contribution < -0.4 is 21.3 Å². The third kappa shape index (κ3) is 7.02. The van der Waals surface area contributed by atoms with E-state index in [1.807, 2.05) is 66.4 Å². The monoisotopic (exact) mass is 502 g/mol. The molecule has 2 amide bonds. The average Bonchev–Trinajstić information content (AvgIpc) is 2.89. The van der Waals surface area contributed by atoms with Crippen molar-refractivity contribution < 1.29 is 9.59 Å². The van der Waals surface area contributed by atoms with Crippen molar-refractivity contribution >= 4 is 34.8 Å². The Morgan fingerprint density at radius 3 is 2.24 bits per heavy atom. The van der Waals surface area contributed by atoms with E-state index in [2.05, 4.69) is 37.6 Å². The molecule has 1 fully saturated rings. The van der Waals surface area contributed by atoms with Crippen LogP contribution in [0.5, 0.6) is 0 Å². The van der Waals surface area contributed by atoms with Crippen LogP contribution in [-0.2, 0) is 9.59 Å². The van der Waals surface area contributed by atoms with Crippen molar-refractivity contribution in [2.24, 2.45) is 5.73 Å².